The lowest BCUT2D eigenvalue weighted by Crippen LogP contribution is -2.02. The first kappa shape index (κ1) is 13.3. The Bertz CT molecular complexity index is 410. The number of methoxy groups -OCH3 is 1. The van der Waals surface area contributed by atoms with Crippen molar-refractivity contribution < 1.29 is 19.4 Å². The summed E-state index contributed by atoms with van der Waals surface area (Å²) in [6.07, 6.45) is 3.82. The third kappa shape index (κ3) is 3.92. The molecular formula is C13H16O4. The largest absolute Gasteiger partial charge is 0.496 e. The van der Waals surface area contributed by atoms with Gasteiger partial charge in [0.25, 0.3) is 0 Å². The van der Waals surface area contributed by atoms with Crippen molar-refractivity contribution in [3.05, 3.63) is 41.5 Å². The standard InChI is InChI=1S/C13H16O4/c1-3-4-7-17-9-10-5-6-11(13(14)15)12(8-10)16-2/h3-6,8H,7,9H2,1-2H3,(H,14,15)/b4-3+. The second-order valence-electron chi connectivity index (χ2n) is 3.42. The van der Waals surface area contributed by atoms with E-state index in [0.717, 1.165) is 5.56 Å². The molecule has 0 heterocycles. The Morgan fingerprint density at radius 3 is 2.82 bits per heavy atom. The summed E-state index contributed by atoms with van der Waals surface area (Å²) in [6.45, 7) is 2.90. The van der Waals surface area contributed by atoms with Gasteiger partial charge in [-0.25, -0.2) is 4.79 Å². The van der Waals surface area contributed by atoms with E-state index in [1.807, 2.05) is 19.1 Å². The van der Waals surface area contributed by atoms with Crippen LogP contribution in [0.1, 0.15) is 22.8 Å². The predicted molar refractivity (Wildman–Crippen MR) is 64.4 cm³/mol. The molecule has 17 heavy (non-hydrogen) atoms. The first-order chi connectivity index (χ1) is 8.19. The summed E-state index contributed by atoms with van der Waals surface area (Å²) in [6, 6.07) is 4.93. The summed E-state index contributed by atoms with van der Waals surface area (Å²) in [7, 11) is 1.45. The van der Waals surface area contributed by atoms with Gasteiger partial charge in [0.05, 0.1) is 20.3 Å². The molecule has 1 N–H and O–H groups in total. The molecule has 0 atom stereocenters. The fourth-order valence-corrected chi connectivity index (χ4v) is 1.34. The highest BCUT2D eigenvalue weighted by atomic mass is 16.5. The van der Waals surface area contributed by atoms with Crippen LogP contribution in [0.4, 0.5) is 0 Å². The average Bonchev–Trinajstić information content (AvgIpc) is 2.34. The van der Waals surface area contributed by atoms with Gasteiger partial charge in [-0.15, -0.1) is 0 Å². The van der Waals surface area contributed by atoms with E-state index in [4.69, 9.17) is 14.6 Å². The van der Waals surface area contributed by atoms with Gasteiger partial charge in [-0.2, -0.15) is 0 Å². The maximum Gasteiger partial charge on any atom is 0.339 e. The fraction of sp³-hybridized carbons (Fsp3) is 0.308. The molecule has 1 aromatic carbocycles. The smallest absolute Gasteiger partial charge is 0.339 e. The van der Waals surface area contributed by atoms with Crippen molar-refractivity contribution in [3.63, 3.8) is 0 Å². The molecule has 1 rings (SSSR count). The van der Waals surface area contributed by atoms with Gasteiger partial charge in [0.15, 0.2) is 0 Å². The van der Waals surface area contributed by atoms with Gasteiger partial charge in [0.1, 0.15) is 11.3 Å². The monoisotopic (exact) mass is 236 g/mol. The molecule has 0 spiro atoms. The van der Waals surface area contributed by atoms with Crippen molar-refractivity contribution in [2.45, 2.75) is 13.5 Å². The molecule has 0 aliphatic heterocycles. The van der Waals surface area contributed by atoms with E-state index in [2.05, 4.69) is 0 Å². The highest BCUT2D eigenvalue weighted by Gasteiger charge is 2.10. The van der Waals surface area contributed by atoms with Gasteiger partial charge in [-0.3, -0.25) is 0 Å². The summed E-state index contributed by atoms with van der Waals surface area (Å²) in [5.41, 5.74) is 1.04. The number of hydrogen-bond donors (Lipinski definition) is 1. The number of rotatable bonds is 6. The van der Waals surface area contributed by atoms with E-state index in [-0.39, 0.29) is 5.56 Å². The minimum absolute atomic E-state index is 0.157. The molecule has 4 heteroatoms. The molecule has 0 saturated heterocycles. The van der Waals surface area contributed by atoms with Crippen molar-refractivity contribution in [2.24, 2.45) is 0 Å². The fourth-order valence-electron chi connectivity index (χ4n) is 1.34. The number of allylic oxidation sites excluding steroid dienone is 1. The van der Waals surface area contributed by atoms with Crippen molar-refractivity contribution in [2.75, 3.05) is 13.7 Å². The molecule has 0 aliphatic carbocycles. The van der Waals surface area contributed by atoms with E-state index in [1.54, 1.807) is 12.1 Å². The van der Waals surface area contributed by atoms with Crippen LogP contribution in [-0.2, 0) is 11.3 Å². The highest BCUT2D eigenvalue weighted by Crippen LogP contribution is 2.20. The van der Waals surface area contributed by atoms with Crippen LogP contribution in [-0.4, -0.2) is 24.8 Å². The molecule has 1 aromatic rings. The zero-order valence-corrected chi connectivity index (χ0v) is 9.97. The second-order valence-corrected chi connectivity index (χ2v) is 3.42. The molecule has 0 bridgehead atoms. The van der Waals surface area contributed by atoms with E-state index in [1.165, 1.54) is 13.2 Å². The molecule has 0 amide bonds. The van der Waals surface area contributed by atoms with Crippen LogP contribution in [0.2, 0.25) is 0 Å². The number of benzene rings is 1. The number of ether oxygens (including phenoxy) is 2. The van der Waals surface area contributed by atoms with Crippen molar-refractivity contribution in [1.29, 1.82) is 0 Å². The van der Waals surface area contributed by atoms with E-state index < -0.39 is 5.97 Å². The number of carboxylic acid groups (broad SMARTS) is 1. The SMILES string of the molecule is C/C=C/COCc1ccc(C(=O)O)c(OC)c1. The predicted octanol–water partition coefficient (Wildman–Crippen LogP) is 2.49. The van der Waals surface area contributed by atoms with Crippen molar-refractivity contribution in [3.8, 4) is 5.75 Å². The maximum absolute atomic E-state index is 10.9. The number of carbonyl (C=O) groups is 1. The minimum atomic E-state index is -0.997. The molecule has 0 fully saturated rings. The first-order valence-corrected chi connectivity index (χ1v) is 5.28. The van der Waals surface area contributed by atoms with Gasteiger partial charge in [0.2, 0.25) is 0 Å². The van der Waals surface area contributed by atoms with Gasteiger partial charge in [0, 0.05) is 0 Å². The molecule has 0 saturated carbocycles. The second kappa shape index (κ2) is 6.70. The molecule has 0 aromatic heterocycles. The average molecular weight is 236 g/mol. The topological polar surface area (TPSA) is 55.8 Å². The summed E-state index contributed by atoms with van der Waals surface area (Å²) in [5.74, 6) is -0.645. The van der Waals surface area contributed by atoms with Crippen molar-refractivity contribution >= 4 is 5.97 Å². The highest BCUT2D eigenvalue weighted by molar-refractivity contribution is 5.90. The lowest BCUT2D eigenvalue weighted by molar-refractivity contribution is 0.0693. The van der Waals surface area contributed by atoms with Crippen LogP contribution in [0.3, 0.4) is 0 Å². The van der Waals surface area contributed by atoms with E-state index in [0.29, 0.717) is 19.0 Å². The summed E-state index contributed by atoms with van der Waals surface area (Å²) < 4.78 is 10.4. The third-order valence-electron chi connectivity index (χ3n) is 2.21. The lowest BCUT2D eigenvalue weighted by atomic mass is 10.1. The van der Waals surface area contributed by atoms with E-state index in [9.17, 15) is 4.79 Å². The van der Waals surface area contributed by atoms with Crippen LogP contribution < -0.4 is 4.74 Å². The van der Waals surface area contributed by atoms with Gasteiger partial charge >= 0.3 is 5.97 Å². The Morgan fingerprint density at radius 1 is 1.47 bits per heavy atom. The van der Waals surface area contributed by atoms with Gasteiger partial charge < -0.3 is 14.6 Å². The van der Waals surface area contributed by atoms with Crippen LogP contribution in [0, 0.1) is 0 Å². The first-order valence-electron chi connectivity index (χ1n) is 5.28. The Morgan fingerprint density at radius 2 is 2.24 bits per heavy atom. The Balaban J connectivity index is 2.72. The number of aromatic carboxylic acids is 1. The van der Waals surface area contributed by atoms with Crippen LogP contribution in [0.25, 0.3) is 0 Å². The Hall–Kier alpha value is -1.81. The molecule has 0 unspecified atom stereocenters. The zero-order chi connectivity index (χ0) is 12.7. The summed E-state index contributed by atoms with van der Waals surface area (Å²) in [4.78, 5) is 10.9. The minimum Gasteiger partial charge on any atom is -0.496 e. The van der Waals surface area contributed by atoms with Gasteiger partial charge in [-0.05, 0) is 24.6 Å². The number of carboxylic acids is 1. The molecule has 92 valence electrons. The third-order valence-corrected chi connectivity index (χ3v) is 2.21. The maximum atomic E-state index is 10.9. The van der Waals surface area contributed by atoms with Crippen LogP contribution in [0.5, 0.6) is 5.75 Å². The molecule has 4 nitrogen and oxygen atoms in total. The molecule has 0 radical (unpaired) electrons. The van der Waals surface area contributed by atoms with Gasteiger partial charge in [-0.1, -0.05) is 18.2 Å². The van der Waals surface area contributed by atoms with Crippen LogP contribution >= 0.6 is 0 Å². The quantitative estimate of drug-likeness (QED) is 0.609. The number of hydrogen-bond acceptors (Lipinski definition) is 3. The zero-order valence-electron chi connectivity index (χ0n) is 9.97. The molecular weight excluding hydrogens is 220 g/mol. The Labute approximate surface area is 100 Å². The van der Waals surface area contributed by atoms with Crippen LogP contribution in [0.15, 0.2) is 30.4 Å². The van der Waals surface area contributed by atoms with E-state index >= 15 is 0 Å². The lowest BCUT2D eigenvalue weighted by Gasteiger charge is -2.07. The summed E-state index contributed by atoms with van der Waals surface area (Å²) >= 11 is 0. The Kier molecular flexibility index (Phi) is 5.23. The normalized spacial score (nSPS) is 10.7. The summed E-state index contributed by atoms with van der Waals surface area (Å²) in [5, 5.41) is 8.91. The molecule has 0 aliphatic rings. The van der Waals surface area contributed by atoms with Crippen molar-refractivity contribution in [1.82, 2.24) is 0 Å².